The van der Waals surface area contributed by atoms with Crippen molar-refractivity contribution < 1.29 is 4.79 Å². The lowest BCUT2D eigenvalue weighted by Gasteiger charge is -2.05. The van der Waals surface area contributed by atoms with E-state index in [4.69, 9.17) is 0 Å². The second-order valence-electron chi connectivity index (χ2n) is 6.23. The van der Waals surface area contributed by atoms with Crippen molar-refractivity contribution in [2.24, 2.45) is 5.10 Å². The molecule has 0 aliphatic carbocycles. The molecule has 0 radical (unpaired) electrons. The minimum absolute atomic E-state index is 0.305. The molecule has 0 spiro atoms. The molecule has 0 aliphatic heterocycles. The highest BCUT2D eigenvalue weighted by Crippen LogP contribution is 2.23. The Morgan fingerprint density at radius 2 is 1.75 bits per heavy atom. The first-order chi connectivity index (χ1) is 13.7. The van der Waals surface area contributed by atoms with Crippen LogP contribution >= 0.6 is 11.3 Å². The van der Waals surface area contributed by atoms with Crippen molar-refractivity contribution in [3.63, 3.8) is 0 Å². The normalized spacial score (nSPS) is 11.4. The Bertz CT molecular complexity index is 1100. The van der Waals surface area contributed by atoms with Crippen molar-refractivity contribution in [2.75, 3.05) is 0 Å². The van der Waals surface area contributed by atoms with Gasteiger partial charge in [0.1, 0.15) is 0 Å². The Morgan fingerprint density at radius 1 is 1.00 bits per heavy atom. The monoisotopic (exact) mass is 386 g/mol. The Hall–Kier alpha value is -3.51. The van der Waals surface area contributed by atoms with E-state index in [0.717, 1.165) is 33.0 Å². The van der Waals surface area contributed by atoms with Gasteiger partial charge in [0.05, 0.1) is 16.3 Å². The van der Waals surface area contributed by atoms with E-state index in [1.807, 2.05) is 66.9 Å². The molecular weight excluding hydrogens is 368 g/mol. The molecule has 4 aromatic rings. The van der Waals surface area contributed by atoms with Crippen LogP contribution in [0, 0.1) is 0 Å². The number of nitrogens with one attached hydrogen (secondary N) is 2. The molecule has 0 fully saturated rings. The van der Waals surface area contributed by atoms with Crippen molar-refractivity contribution in [3.05, 3.63) is 89.4 Å². The van der Waals surface area contributed by atoms with Crippen LogP contribution in [0.5, 0.6) is 0 Å². The maximum atomic E-state index is 12.3. The summed E-state index contributed by atoms with van der Waals surface area (Å²) in [7, 11) is 0. The van der Waals surface area contributed by atoms with Gasteiger partial charge in [-0.3, -0.25) is 9.89 Å². The first-order valence-electron chi connectivity index (χ1n) is 8.80. The molecule has 0 bridgehead atoms. The molecule has 0 saturated heterocycles. The van der Waals surface area contributed by atoms with Gasteiger partial charge in [0.2, 0.25) is 0 Å². The molecule has 0 atom stereocenters. The molecule has 2 aromatic heterocycles. The summed E-state index contributed by atoms with van der Waals surface area (Å²) in [6.07, 6.45) is 0. The van der Waals surface area contributed by atoms with E-state index < -0.39 is 0 Å². The minimum atomic E-state index is -0.348. The van der Waals surface area contributed by atoms with Crippen LogP contribution in [0.25, 0.3) is 21.7 Å². The predicted molar refractivity (Wildman–Crippen MR) is 113 cm³/mol. The predicted octanol–water partition coefficient (Wildman–Crippen LogP) is 4.96. The van der Waals surface area contributed by atoms with Crippen LogP contribution in [-0.4, -0.2) is 21.8 Å². The molecule has 0 unspecified atom stereocenters. The summed E-state index contributed by atoms with van der Waals surface area (Å²) < 4.78 is 0. The molecule has 2 aromatic carbocycles. The number of hydrogen-bond donors (Lipinski definition) is 2. The zero-order chi connectivity index (χ0) is 19.3. The quantitative estimate of drug-likeness (QED) is 0.376. The maximum Gasteiger partial charge on any atom is 0.291 e. The van der Waals surface area contributed by atoms with Gasteiger partial charge in [-0.1, -0.05) is 60.7 Å². The highest BCUT2D eigenvalue weighted by molar-refractivity contribution is 7.13. The molecular formula is C22H18N4OS. The number of aromatic nitrogens is 2. The summed E-state index contributed by atoms with van der Waals surface area (Å²) in [5, 5.41) is 13.1. The molecule has 5 nitrogen and oxygen atoms in total. The number of carbonyl (C=O) groups is 1. The van der Waals surface area contributed by atoms with Gasteiger partial charge in [-0.2, -0.15) is 10.2 Å². The highest BCUT2D eigenvalue weighted by Gasteiger charge is 2.11. The standard InChI is InChI=1S/C22H18N4OS/c1-15(16-9-11-18(12-10-16)17-6-3-2-4-7-17)23-26-22(27)20-14-19(24-25-20)21-8-5-13-28-21/h2-14H,1H3,(H,24,25)(H,26,27)/b23-15-. The summed E-state index contributed by atoms with van der Waals surface area (Å²) in [5.74, 6) is -0.348. The Kier molecular flexibility index (Phi) is 5.12. The van der Waals surface area contributed by atoms with E-state index in [-0.39, 0.29) is 5.91 Å². The van der Waals surface area contributed by atoms with Gasteiger partial charge in [-0.15, -0.1) is 11.3 Å². The van der Waals surface area contributed by atoms with Gasteiger partial charge in [-0.05, 0) is 41.1 Å². The second-order valence-corrected chi connectivity index (χ2v) is 7.17. The number of hydrogen-bond acceptors (Lipinski definition) is 4. The number of H-pyrrole nitrogens is 1. The fraction of sp³-hybridized carbons (Fsp3) is 0.0455. The first kappa shape index (κ1) is 17.9. The van der Waals surface area contributed by atoms with Crippen LogP contribution in [0.1, 0.15) is 23.0 Å². The average Bonchev–Trinajstić information content (AvgIpc) is 3.44. The molecule has 28 heavy (non-hydrogen) atoms. The number of hydrazone groups is 1. The van der Waals surface area contributed by atoms with E-state index in [1.54, 1.807) is 17.4 Å². The van der Waals surface area contributed by atoms with Crippen LogP contribution in [0.15, 0.2) is 83.3 Å². The van der Waals surface area contributed by atoms with Crippen molar-refractivity contribution in [3.8, 4) is 21.7 Å². The van der Waals surface area contributed by atoms with E-state index >= 15 is 0 Å². The molecule has 1 amide bonds. The summed E-state index contributed by atoms with van der Waals surface area (Å²) >= 11 is 1.59. The lowest BCUT2D eigenvalue weighted by Crippen LogP contribution is -2.19. The van der Waals surface area contributed by atoms with Crippen LogP contribution in [0.2, 0.25) is 0 Å². The van der Waals surface area contributed by atoms with Crippen LogP contribution in [0.4, 0.5) is 0 Å². The third kappa shape index (κ3) is 3.92. The third-order valence-electron chi connectivity index (χ3n) is 4.33. The van der Waals surface area contributed by atoms with Crippen LogP contribution in [-0.2, 0) is 0 Å². The molecule has 6 heteroatoms. The lowest BCUT2D eigenvalue weighted by molar-refractivity contribution is 0.0950. The van der Waals surface area contributed by atoms with E-state index in [0.29, 0.717) is 5.69 Å². The maximum absolute atomic E-state index is 12.3. The average molecular weight is 386 g/mol. The van der Waals surface area contributed by atoms with Gasteiger partial charge < -0.3 is 0 Å². The summed E-state index contributed by atoms with van der Waals surface area (Å²) in [6, 6.07) is 23.9. The molecule has 138 valence electrons. The number of amides is 1. The van der Waals surface area contributed by atoms with E-state index in [1.165, 1.54) is 0 Å². The number of thiophene rings is 1. The number of rotatable bonds is 5. The summed E-state index contributed by atoms with van der Waals surface area (Å²) in [6.45, 7) is 1.86. The largest absolute Gasteiger partial charge is 0.291 e. The number of nitrogens with zero attached hydrogens (tertiary/aromatic N) is 2. The van der Waals surface area contributed by atoms with Gasteiger partial charge in [-0.25, -0.2) is 5.43 Å². The molecule has 0 aliphatic rings. The minimum Gasteiger partial charge on any atom is -0.276 e. The number of aromatic amines is 1. The molecule has 2 N–H and O–H groups in total. The third-order valence-corrected chi connectivity index (χ3v) is 5.24. The molecule has 4 rings (SSSR count). The second kappa shape index (κ2) is 8.02. The Labute approximate surface area is 166 Å². The fourth-order valence-electron chi connectivity index (χ4n) is 2.79. The summed E-state index contributed by atoms with van der Waals surface area (Å²) in [5.41, 5.74) is 7.67. The van der Waals surface area contributed by atoms with Crippen molar-refractivity contribution >= 4 is 23.0 Å². The molecule has 2 heterocycles. The van der Waals surface area contributed by atoms with Gasteiger partial charge in [0.15, 0.2) is 5.69 Å². The van der Waals surface area contributed by atoms with Gasteiger partial charge >= 0.3 is 0 Å². The summed E-state index contributed by atoms with van der Waals surface area (Å²) in [4.78, 5) is 13.3. The van der Waals surface area contributed by atoms with Crippen LogP contribution in [0.3, 0.4) is 0 Å². The SMILES string of the molecule is C/C(=N/NC(=O)c1cc(-c2cccs2)[nH]n1)c1ccc(-c2ccccc2)cc1. The fourth-order valence-corrected chi connectivity index (χ4v) is 3.48. The Balaban J connectivity index is 1.43. The van der Waals surface area contributed by atoms with E-state index in [2.05, 4.69) is 32.9 Å². The highest BCUT2D eigenvalue weighted by atomic mass is 32.1. The van der Waals surface area contributed by atoms with Crippen LogP contribution < -0.4 is 5.43 Å². The zero-order valence-electron chi connectivity index (χ0n) is 15.2. The van der Waals surface area contributed by atoms with Crippen molar-refractivity contribution in [1.29, 1.82) is 0 Å². The topological polar surface area (TPSA) is 70.1 Å². The van der Waals surface area contributed by atoms with Gasteiger partial charge in [0.25, 0.3) is 5.91 Å². The van der Waals surface area contributed by atoms with Crippen molar-refractivity contribution in [1.82, 2.24) is 15.6 Å². The first-order valence-corrected chi connectivity index (χ1v) is 9.68. The number of carbonyl (C=O) groups excluding carboxylic acids is 1. The van der Waals surface area contributed by atoms with Crippen molar-refractivity contribution in [2.45, 2.75) is 6.92 Å². The number of benzene rings is 2. The lowest BCUT2D eigenvalue weighted by atomic mass is 10.0. The smallest absolute Gasteiger partial charge is 0.276 e. The Morgan fingerprint density at radius 3 is 2.46 bits per heavy atom. The zero-order valence-corrected chi connectivity index (χ0v) is 16.0. The molecule has 0 saturated carbocycles. The van der Waals surface area contributed by atoms with Gasteiger partial charge in [0, 0.05) is 0 Å². The van der Waals surface area contributed by atoms with E-state index in [9.17, 15) is 4.79 Å².